The fourth-order valence-corrected chi connectivity index (χ4v) is 1.95. The smallest absolute Gasteiger partial charge is 0.238 e. The summed E-state index contributed by atoms with van der Waals surface area (Å²) in [6.07, 6.45) is 2.54. The highest BCUT2D eigenvalue weighted by Crippen LogP contribution is 2.24. The predicted molar refractivity (Wildman–Crippen MR) is 78.2 cm³/mol. The number of hydrogen-bond acceptors (Lipinski definition) is 4. The molecule has 1 N–H and O–H groups in total. The molecule has 0 amide bonds. The maximum absolute atomic E-state index is 5.98. The van der Waals surface area contributed by atoms with Gasteiger partial charge in [-0.3, -0.25) is 0 Å². The van der Waals surface area contributed by atoms with E-state index < -0.39 is 0 Å². The number of aromatic nitrogens is 2. The van der Waals surface area contributed by atoms with E-state index in [0.29, 0.717) is 17.7 Å². The predicted octanol–water partition coefficient (Wildman–Crippen LogP) is 3.48. The van der Waals surface area contributed by atoms with E-state index in [1.807, 2.05) is 37.3 Å². The van der Waals surface area contributed by atoms with Gasteiger partial charge in [-0.15, -0.1) is 5.10 Å². The Balaban J connectivity index is 1.62. The van der Waals surface area contributed by atoms with Crippen LogP contribution < -0.4 is 10.1 Å². The van der Waals surface area contributed by atoms with Crippen molar-refractivity contribution in [2.45, 2.75) is 32.4 Å². The van der Waals surface area contributed by atoms with Crippen molar-refractivity contribution in [1.29, 1.82) is 0 Å². The Kier molecular flexibility index (Phi) is 3.85. The molecule has 1 aliphatic rings. The molecular formula is C15H16ClN3O. The molecule has 0 aliphatic heterocycles. The van der Waals surface area contributed by atoms with Crippen LogP contribution in [0.1, 0.15) is 24.1 Å². The number of nitrogens with one attached hydrogen (secondary N) is 1. The SMILES string of the molecule is Cc1cc(Oc2ccc(CNC3CC3)nn2)ccc1Cl. The summed E-state index contributed by atoms with van der Waals surface area (Å²) in [7, 11) is 0. The fourth-order valence-electron chi connectivity index (χ4n) is 1.83. The summed E-state index contributed by atoms with van der Waals surface area (Å²) in [6.45, 7) is 2.70. The molecule has 1 aliphatic carbocycles. The Hall–Kier alpha value is -1.65. The second-order valence-corrected chi connectivity index (χ2v) is 5.44. The van der Waals surface area contributed by atoms with Crippen molar-refractivity contribution in [3.8, 4) is 11.6 Å². The first-order valence-corrected chi connectivity index (χ1v) is 7.08. The molecule has 1 aromatic carbocycles. The standard InChI is InChI=1S/C15H16ClN3O/c1-10-8-13(5-6-14(10)16)20-15-7-4-12(18-19-15)9-17-11-2-3-11/h4-8,11,17H,2-3,9H2,1H3. The molecule has 0 unspecified atom stereocenters. The normalized spacial score (nSPS) is 14.3. The summed E-state index contributed by atoms with van der Waals surface area (Å²) in [6, 6.07) is 9.95. The average Bonchev–Trinajstić information content (AvgIpc) is 3.26. The Morgan fingerprint density at radius 3 is 2.75 bits per heavy atom. The number of ether oxygens (including phenoxy) is 1. The summed E-state index contributed by atoms with van der Waals surface area (Å²) in [5.41, 5.74) is 1.90. The van der Waals surface area contributed by atoms with Crippen molar-refractivity contribution in [1.82, 2.24) is 15.5 Å². The zero-order valence-corrected chi connectivity index (χ0v) is 12.0. The highest BCUT2D eigenvalue weighted by Gasteiger charge is 2.20. The maximum atomic E-state index is 5.98. The van der Waals surface area contributed by atoms with Crippen LogP contribution in [0.2, 0.25) is 5.02 Å². The lowest BCUT2D eigenvalue weighted by Crippen LogP contribution is -2.16. The van der Waals surface area contributed by atoms with Crippen LogP contribution in [0, 0.1) is 6.92 Å². The first-order valence-electron chi connectivity index (χ1n) is 6.71. The van der Waals surface area contributed by atoms with Crippen LogP contribution in [0.5, 0.6) is 11.6 Å². The zero-order chi connectivity index (χ0) is 13.9. The van der Waals surface area contributed by atoms with E-state index in [2.05, 4.69) is 15.5 Å². The van der Waals surface area contributed by atoms with Crippen molar-refractivity contribution in [3.05, 3.63) is 46.6 Å². The molecule has 20 heavy (non-hydrogen) atoms. The fraction of sp³-hybridized carbons (Fsp3) is 0.333. The van der Waals surface area contributed by atoms with Gasteiger partial charge in [0, 0.05) is 23.7 Å². The van der Waals surface area contributed by atoms with Gasteiger partial charge in [0.15, 0.2) is 0 Å². The molecule has 0 saturated heterocycles. The molecule has 1 aromatic heterocycles. The molecule has 0 spiro atoms. The van der Waals surface area contributed by atoms with Crippen molar-refractivity contribution >= 4 is 11.6 Å². The van der Waals surface area contributed by atoms with Crippen molar-refractivity contribution in [2.24, 2.45) is 0 Å². The second-order valence-electron chi connectivity index (χ2n) is 5.03. The van der Waals surface area contributed by atoms with Crippen molar-refractivity contribution in [2.75, 3.05) is 0 Å². The van der Waals surface area contributed by atoms with Crippen LogP contribution in [0.4, 0.5) is 0 Å². The Morgan fingerprint density at radius 1 is 1.25 bits per heavy atom. The summed E-state index contributed by atoms with van der Waals surface area (Å²) in [4.78, 5) is 0. The molecule has 1 heterocycles. The molecule has 0 atom stereocenters. The van der Waals surface area contributed by atoms with E-state index in [1.165, 1.54) is 12.8 Å². The quantitative estimate of drug-likeness (QED) is 0.915. The summed E-state index contributed by atoms with van der Waals surface area (Å²) >= 11 is 5.98. The molecule has 3 rings (SSSR count). The molecule has 5 heteroatoms. The zero-order valence-electron chi connectivity index (χ0n) is 11.3. The second kappa shape index (κ2) is 5.77. The van der Waals surface area contributed by atoms with E-state index >= 15 is 0 Å². The first-order chi connectivity index (χ1) is 9.70. The Labute approximate surface area is 123 Å². The van der Waals surface area contributed by atoms with Crippen LogP contribution in [0.3, 0.4) is 0 Å². The minimum atomic E-state index is 0.488. The van der Waals surface area contributed by atoms with E-state index in [1.54, 1.807) is 0 Å². The van der Waals surface area contributed by atoms with E-state index in [9.17, 15) is 0 Å². The number of nitrogens with zero attached hydrogens (tertiary/aromatic N) is 2. The maximum Gasteiger partial charge on any atom is 0.238 e. The van der Waals surface area contributed by atoms with Gasteiger partial charge >= 0.3 is 0 Å². The summed E-state index contributed by atoms with van der Waals surface area (Å²) in [5.74, 6) is 1.20. The largest absolute Gasteiger partial charge is 0.438 e. The Morgan fingerprint density at radius 2 is 2.10 bits per heavy atom. The lowest BCUT2D eigenvalue weighted by molar-refractivity contribution is 0.452. The number of halogens is 1. The Bertz CT molecular complexity index is 597. The molecule has 1 saturated carbocycles. The van der Waals surface area contributed by atoms with Gasteiger partial charge in [0.2, 0.25) is 5.88 Å². The van der Waals surface area contributed by atoms with Gasteiger partial charge in [0.1, 0.15) is 5.75 Å². The molecule has 104 valence electrons. The van der Waals surface area contributed by atoms with E-state index in [-0.39, 0.29) is 0 Å². The molecule has 0 bridgehead atoms. The van der Waals surface area contributed by atoms with Crippen LogP contribution in [0.25, 0.3) is 0 Å². The third-order valence-corrected chi connectivity index (χ3v) is 3.62. The molecule has 0 radical (unpaired) electrons. The van der Waals surface area contributed by atoms with Gasteiger partial charge < -0.3 is 10.1 Å². The van der Waals surface area contributed by atoms with Crippen LogP contribution in [-0.4, -0.2) is 16.2 Å². The minimum Gasteiger partial charge on any atom is -0.438 e. The van der Waals surface area contributed by atoms with Crippen molar-refractivity contribution in [3.63, 3.8) is 0 Å². The van der Waals surface area contributed by atoms with Gasteiger partial charge in [0.25, 0.3) is 0 Å². The topological polar surface area (TPSA) is 47.0 Å². The highest BCUT2D eigenvalue weighted by molar-refractivity contribution is 6.31. The number of rotatable bonds is 5. The van der Waals surface area contributed by atoms with Gasteiger partial charge in [0.05, 0.1) is 5.69 Å². The molecule has 1 fully saturated rings. The molecule has 4 nitrogen and oxygen atoms in total. The summed E-state index contributed by atoms with van der Waals surface area (Å²) < 4.78 is 5.65. The highest BCUT2D eigenvalue weighted by atomic mass is 35.5. The molecule has 2 aromatic rings. The number of hydrogen-bond donors (Lipinski definition) is 1. The molecular weight excluding hydrogens is 274 g/mol. The van der Waals surface area contributed by atoms with Crippen LogP contribution >= 0.6 is 11.6 Å². The monoisotopic (exact) mass is 289 g/mol. The number of benzene rings is 1. The third-order valence-electron chi connectivity index (χ3n) is 3.20. The van der Waals surface area contributed by atoms with Crippen molar-refractivity contribution < 1.29 is 4.74 Å². The van der Waals surface area contributed by atoms with Gasteiger partial charge in [-0.1, -0.05) is 11.6 Å². The van der Waals surface area contributed by atoms with E-state index in [4.69, 9.17) is 16.3 Å². The van der Waals surface area contributed by atoms with Gasteiger partial charge in [-0.25, -0.2) is 0 Å². The van der Waals surface area contributed by atoms with Crippen LogP contribution in [-0.2, 0) is 6.54 Å². The van der Waals surface area contributed by atoms with Gasteiger partial charge in [-0.05, 0) is 49.6 Å². The van der Waals surface area contributed by atoms with Gasteiger partial charge in [-0.2, -0.15) is 5.10 Å². The van der Waals surface area contributed by atoms with E-state index in [0.717, 1.165) is 22.8 Å². The van der Waals surface area contributed by atoms with Crippen LogP contribution in [0.15, 0.2) is 30.3 Å². The first kappa shape index (κ1) is 13.3. The average molecular weight is 290 g/mol. The minimum absolute atomic E-state index is 0.488. The number of aryl methyl sites for hydroxylation is 1. The lowest BCUT2D eigenvalue weighted by atomic mass is 10.2. The third kappa shape index (κ3) is 3.46. The lowest BCUT2D eigenvalue weighted by Gasteiger charge is -2.06. The summed E-state index contributed by atoms with van der Waals surface area (Å²) in [5, 5.41) is 12.4.